The molecule has 0 amide bonds. The number of allylic oxidation sites excluding steroid dienone is 1. The highest BCUT2D eigenvalue weighted by Crippen LogP contribution is 2.72. The summed E-state index contributed by atoms with van der Waals surface area (Å²) < 4.78 is 5.86. The number of carboxylic acids is 1. The molecule has 4 fully saturated rings. The Kier molecular flexibility index (Phi) is 3.88. The lowest BCUT2D eigenvalue weighted by molar-refractivity contribution is -0.221. The van der Waals surface area contributed by atoms with Gasteiger partial charge < -0.3 is 9.84 Å². The van der Waals surface area contributed by atoms with Gasteiger partial charge in [0.25, 0.3) is 0 Å². The molecule has 4 aliphatic rings. The van der Waals surface area contributed by atoms with Gasteiger partial charge in [0.15, 0.2) is 0 Å². The van der Waals surface area contributed by atoms with Gasteiger partial charge in [-0.25, -0.2) is 0 Å². The number of aliphatic carboxylic acids is 1. The van der Waals surface area contributed by atoms with Crippen molar-refractivity contribution in [1.29, 1.82) is 0 Å². The van der Waals surface area contributed by atoms with Crippen molar-refractivity contribution >= 4 is 11.9 Å². The molecule has 1 spiro atoms. The van der Waals surface area contributed by atoms with Gasteiger partial charge in [-0.05, 0) is 81.5 Å². The Morgan fingerprint density at radius 2 is 1.85 bits per heavy atom. The second-order valence-corrected chi connectivity index (χ2v) is 10.0. The second kappa shape index (κ2) is 5.59. The van der Waals surface area contributed by atoms with Crippen LogP contribution in [0.1, 0.15) is 72.1 Å². The molecule has 1 N–H and O–H groups in total. The molecular formula is C22H32O4. The molecular weight excluding hydrogens is 328 g/mol. The topological polar surface area (TPSA) is 63.6 Å². The molecule has 0 heterocycles. The van der Waals surface area contributed by atoms with E-state index in [-0.39, 0.29) is 28.8 Å². The van der Waals surface area contributed by atoms with Crippen molar-refractivity contribution in [3.63, 3.8) is 0 Å². The third-order valence-electron chi connectivity index (χ3n) is 8.97. The molecule has 26 heavy (non-hydrogen) atoms. The molecule has 4 saturated carbocycles. The Balaban J connectivity index is 1.80. The van der Waals surface area contributed by atoms with Crippen LogP contribution in [0.2, 0.25) is 0 Å². The van der Waals surface area contributed by atoms with Crippen LogP contribution in [0.25, 0.3) is 0 Å². The SMILES string of the molecule is C=C1C[C@@]23CC[C@H]4[C@](C)([C@@H]2CC[C@@H]1C3)[C@H](OC(C)=O)CC[C@@]4(C)C(=O)O. The summed E-state index contributed by atoms with van der Waals surface area (Å²) in [4.78, 5) is 24.1. The van der Waals surface area contributed by atoms with Gasteiger partial charge in [-0.1, -0.05) is 19.1 Å². The number of rotatable bonds is 2. The van der Waals surface area contributed by atoms with E-state index in [9.17, 15) is 14.7 Å². The number of hydrogen-bond donors (Lipinski definition) is 1. The highest BCUT2D eigenvalue weighted by Gasteiger charge is 2.68. The first-order chi connectivity index (χ1) is 12.1. The first-order valence-corrected chi connectivity index (χ1v) is 10.2. The monoisotopic (exact) mass is 360 g/mol. The van der Waals surface area contributed by atoms with Gasteiger partial charge in [0.2, 0.25) is 0 Å². The van der Waals surface area contributed by atoms with Crippen LogP contribution in [-0.4, -0.2) is 23.1 Å². The molecule has 7 atom stereocenters. The lowest BCUT2D eigenvalue weighted by atomic mass is 9.40. The van der Waals surface area contributed by atoms with Crippen LogP contribution < -0.4 is 0 Å². The maximum atomic E-state index is 12.2. The van der Waals surface area contributed by atoms with Gasteiger partial charge in [-0.15, -0.1) is 0 Å². The highest BCUT2D eigenvalue weighted by atomic mass is 16.5. The summed E-state index contributed by atoms with van der Waals surface area (Å²) in [6.45, 7) is 10.0. The fourth-order valence-corrected chi connectivity index (χ4v) is 7.88. The Labute approximate surface area is 156 Å². The Bertz CT molecular complexity index is 669. The smallest absolute Gasteiger partial charge is 0.309 e. The number of fused-ring (bicyclic) bond motifs is 3. The van der Waals surface area contributed by atoms with Gasteiger partial charge in [-0.3, -0.25) is 9.59 Å². The van der Waals surface area contributed by atoms with Crippen molar-refractivity contribution in [3.05, 3.63) is 12.2 Å². The minimum Gasteiger partial charge on any atom is -0.481 e. The molecule has 2 bridgehead atoms. The number of hydrogen-bond acceptors (Lipinski definition) is 3. The van der Waals surface area contributed by atoms with E-state index in [1.54, 1.807) is 0 Å². The van der Waals surface area contributed by atoms with Crippen LogP contribution in [0.4, 0.5) is 0 Å². The van der Waals surface area contributed by atoms with E-state index in [4.69, 9.17) is 4.74 Å². The van der Waals surface area contributed by atoms with Gasteiger partial charge in [-0.2, -0.15) is 0 Å². The zero-order valence-electron chi connectivity index (χ0n) is 16.3. The van der Waals surface area contributed by atoms with Crippen LogP contribution in [0.5, 0.6) is 0 Å². The third kappa shape index (κ3) is 2.20. The molecule has 4 nitrogen and oxygen atoms in total. The van der Waals surface area contributed by atoms with E-state index in [1.807, 2.05) is 6.92 Å². The largest absolute Gasteiger partial charge is 0.481 e. The van der Waals surface area contributed by atoms with Crippen LogP contribution >= 0.6 is 0 Å². The van der Waals surface area contributed by atoms with Crippen LogP contribution in [0, 0.1) is 34.0 Å². The Morgan fingerprint density at radius 3 is 2.50 bits per heavy atom. The van der Waals surface area contributed by atoms with Crippen LogP contribution in [-0.2, 0) is 14.3 Å². The van der Waals surface area contributed by atoms with Gasteiger partial charge in [0.1, 0.15) is 6.10 Å². The molecule has 0 saturated heterocycles. The van der Waals surface area contributed by atoms with Gasteiger partial charge >= 0.3 is 11.9 Å². The lowest BCUT2D eigenvalue weighted by Crippen LogP contribution is -2.64. The fourth-order valence-electron chi connectivity index (χ4n) is 7.88. The summed E-state index contributed by atoms with van der Waals surface area (Å²) in [6.07, 6.45) is 7.67. The quantitative estimate of drug-likeness (QED) is 0.578. The normalized spacial score (nSPS) is 49.9. The van der Waals surface area contributed by atoms with Crippen molar-refractivity contribution in [1.82, 2.24) is 0 Å². The maximum absolute atomic E-state index is 12.2. The number of carboxylic acid groups (broad SMARTS) is 1. The van der Waals surface area contributed by atoms with Crippen molar-refractivity contribution < 1.29 is 19.4 Å². The lowest BCUT2D eigenvalue weighted by Gasteiger charge is -2.65. The predicted molar refractivity (Wildman–Crippen MR) is 98.4 cm³/mol. The number of carbonyl (C=O) groups excluding carboxylic acids is 1. The van der Waals surface area contributed by atoms with Crippen molar-refractivity contribution in [2.75, 3.05) is 0 Å². The number of carbonyl (C=O) groups is 2. The molecule has 4 rings (SSSR count). The first-order valence-electron chi connectivity index (χ1n) is 10.2. The average molecular weight is 360 g/mol. The Morgan fingerprint density at radius 1 is 1.12 bits per heavy atom. The molecule has 0 aromatic carbocycles. The molecule has 0 aromatic rings. The second-order valence-electron chi connectivity index (χ2n) is 10.0. The fraction of sp³-hybridized carbons (Fsp3) is 0.818. The van der Waals surface area contributed by atoms with Crippen LogP contribution in [0.15, 0.2) is 12.2 Å². The van der Waals surface area contributed by atoms with E-state index < -0.39 is 11.4 Å². The average Bonchev–Trinajstić information content (AvgIpc) is 2.79. The van der Waals surface area contributed by atoms with E-state index >= 15 is 0 Å². The zero-order valence-corrected chi connectivity index (χ0v) is 16.3. The van der Waals surface area contributed by atoms with Crippen molar-refractivity contribution in [3.8, 4) is 0 Å². The first kappa shape index (κ1) is 18.1. The summed E-state index contributed by atoms with van der Waals surface area (Å²) in [6, 6.07) is 0. The minimum atomic E-state index is -0.723. The highest BCUT2D eigenvalue weighted by molar-refractivity contribution is 5.75. The van der Waals surface area contributed by atoms with E-state index in [0.29, 0.717) is 24.7 Å². The minimum absolute atomic E-state index is 0.0617. The van der Waals surface area contributed by atoms with E-state index in [1.165, 1.54) is 18.9 Å². The molecule has 4 aliphatic carbocycles. The van der Waals surface area contributed by atoms with E-state index in [2.05, 4.69) is 13.5 Å². The third-order valence-corrected chi connectivity index (χ3v) is 8.97. The van der Waals surface area contributed by atoms with Crippen molar-refractivity contribution in [2.24, 2.45) is 34.0 Å². The van der Waals surface area contributed by atoms with Crippen molar-refractivity contribution in [2.45, 2.75) is 78.2 Å². The number of ether oxygens (including phenoxy) is 1. The summed E-state index contributed by atoms with van der Waals surface area (Å²) in [5.41, 5.74) is 0.667. The predicted octanol–water partition coefficient (Wildman–Crippen LogP) is 4.58. The summed E-state index contributed by atoms with van der Waals surface area (Å²) in [5, 5.41) is 10.1. The molecule has 4 heteroatoms. The summed E-state index contributed by atoms with van der Waals surface area (Å²) in [5.74, 6) is 0.209. The molecule has 0 unspecified atom stereocenters. The van der Waals surface area contributed by atoms with Gasteiger partial charge in [0, 0.05) is 12.3 Å². The molecule has 0 radical (unpaired) electrons. The molecule has 0 aliphatic heterocycles. The van der Waals surface area contributed by atoms with Crippen LogP contribution in [0.3, 0.4) is 0 Å². The van der Waals surface area contributed by atoms with Gasteiger partial charge in [0.05, 0.1) is 5.41 Å². The maximum Gasteiger partial charge on any atom is 0.309 e. The van der Waals surface area contributed by atoms with E-state index in [0.717, 1.165) is 32.1 Å². The zero-order chi connectivity index (χ0) is 18.9. The standard InChI is InChI=1S/C22H32O4/c1-13-11-22-10-7-16-20(3,19(24)25)9-8-18(26-14(2)23)21(16,4)17(22)6-5-15(13)12-22/h15-18H,1,5-12H2,2-4H3,(H,24,25)/t15-,16-,17+,18-,20-,21-,22-/m1/s1. The molecule has 0 aromatic heterocycles. The molecule has 144 valence electrons. The summed E-state index contributed by atoms with van der Waals surface area (Å²) >= 11 is 0. The number of esters is 1. The Hall–Kier alpha value is -1.32. The summed E-state index contributed by atoms with van der Waals surface area (Å²) in [7, 11) is 0.